The Kier molecular flexibility index (Phi) is 8.69. The van der Waals surface area contributed by atoms with Gasteiger partial charge < -0.3 is 14.6 Å². The van der Waals surface area contributed by atoms with E-state index < -0.39 is 11.9 Å². The molecule has 83 valence electrons. The van der Waals surface area contributed by atoms with E-state index in [9.17, 15) is 9.59 Å². The van der Waals surface area contributed by atoms with Gasteiger partial charge in [0.15, 0.2) is 5.76 Å². The first kappa shape index (κ1) is 15.4. The predicted octanol–water partition coefficient (Wildman–Crippen LogP) is 0.404. The number of carbonyl (C=O) groups is 2. The first-order valence-electron chi connectivity index (χ1n) is 3.56. The van der Waals surface area contributed by atoms with E-state index in [0.29, 0.717) is 6.47 Å². The Labute approximate surface area is 86.8 Å². The van der Waals surface area contributed by atoms with Gasteiger partial charge in [-0.2, -0.15) is 0 Å². The number of carbonyl (C=O) groups excluding carboxylic acids is 2. The van der Waals surface area contributed by atoms with E-state index in [2.05, 4.69) is 22.6 Å². The molecule has 0 unspecified atom stereocenters. The quantitative estimate of drug-likeness (QED) is 0.317. The summed E-state index contributed by atoms with van der Waals surface area (Å²) in [5, 5.41) is 6.76. The molecule has 0 aliphatic carbocycles. The zero-order valence-electron chi connectivity index (χ0n) is 8.40. The van der Waals surface area contributed by atoms with E-state index in [0.717, 1.165) is 0 Å². The van der Waals surface area contributed by atoms with Gasteiger partial charge in [-0.3, -0.25) is 0 Å². The number of aliphatic hydroxyl groups excluding tert-OH is 1. The molecule has 0 saturated heterocycles. The Morgan fingerprint density at radius 2 is 1.67 bits per heavy atom. The van der Waals surface area contributed by atoms with E-state index in [1.54, 1.807) is 0 Å². The summed E-state index contributed by atoms with van der Waals surface area (Å²) in [5.74, 6) is -1.90. The summed E-state index contributed by atoms with van der Waals surface area (Å²) in [4.78, 5) is 29.8. The van der Waals surface area contributed by atoms with Crippen LogP contribution >= 0.6 is 0 Å². The number of methoxy groups -OCH3 is 1. The molecule has 15 heavy (non-hydrogen) atoms. The molecular formula is C9H11O6. The first-order chi connectivity index (χ1) is 6.90. The smallest absolute Gasteiger partial charge is 0.414 e. The summed E-state index contributed by atoms with van der Waals surface area (Å²) in [6.45, 7) is 8.44. The lowest BCUT2D eigenvalue weighted by atomic mass is 10.4. The summed E-state index contributed by atoms with van der Waals surface area (Å²) < 4.78 is 8.70. The van der Waals surface area contributed by atoms with E-state index in [4.69, 9.17) is 9.90 Å². The minimum Gasteiger partial charge on any atom is -0.490 e. The minimum absolute atomic E-state index is 0.146. The molecule has 0 rings (SSSR count). The van der Waals surface area contributed by atoms with Crippen molar-refractivity contribution in [2.75, 3.05) is 7.11 Å². The van der Waals surface area contributed by atoms with Crippen LogP contribution in [0.5, 0.6) is 0 Å². The average Bonchev–Trinajstić information content (AvgIpc) is 2.17. The van der Waals surface area contributed by atoms with Gasteiger partial charge in [-0.1, -0.05) is 6.58 Å². The van der Waals surface area contributed by atoms with Crippen LogP contribution in [0.25, 0.3) is 0 Å². The Hall–Kier alpha value is -2.11. The van der Waals surface area contributed by atoms with Crippen LogP contribution in [0.2, 0.25) is 0 Å². The highest BCUT2D eigenvalue weighted by Crippen LogP contribution is 1.98. The van der Waals surface area contributed by atoms with E-state index in [1.165, 1.54) is 14.0 Å². The molecule has 0 heterocycles. The lowest BCUT2D eigenvalue weighted by molar-refractivity contribution is -0.156. The summed E-state index contributed by atoms with van der Waals surface area (Å²) in [5.41, 5.74) is 0.146. The molecule has 0 atom stereocenters. The molecule has 1 radical (unpaired) electrons. The molecule has 0 spiro atoms. The van der Waals surface area contributed by atoms with Gasteiger partial charge in [0.1, 0.15) is 0 Å². The third-order valence-electron chi connectivity index (χ3n) is 1.01. The number of ether oxygens (including phenoxy) is 2. The van der Waals surface area contributed by atoms with Crippen molar-refractivity contribution in [1.29, 1.82) is 0 Å². The highest BCUT2D eigenvalue weighted by atomic mass is 16.6. The summed E-state index contributed by atoms with van der Waals surface area (Å²) in [6, 6.07) is 0. The van der Waals surface area contributed by atoms with Crippen molar-refractivity contribution in [1.82, 2.24) is 0 Å². The monoisotopic (exact) mass is 215 g/mol. The maximum atomic E-state index is 10.8. The van der Waals surface area contributed by atoms with Crippen LogP contribution in [-0.4, -0.2) is 30.6 Å². The van der Waals surface area contributed by atoms with Crippen LogP contribution in [0.1, 0.15) is 6.92 Å². The third kappa shape index (κ3) is 8.23. The second-order valence-corrected chi connectivity index (χ2v) is 2.18. The zero-order valence-corrected chi connectivity index (χ0v) is 8.40. The van der Waals surface area contributed by atoms with Crippen LogP contribution in [0.3, 0.4) is 0 Å². The molecule has 0 aromatic rings. The molecule has 0 bridgehead atoms. The molecule has 6 nitrogen and oxygen atoms in total. The van der Waals surface area contributed by atoms with Crippen LogP contribution in [0.15, 0.2) is 24.5 Å². The largest absolute Gasteiger partial charge is 0.490 e. The second-order valence-electron chi connectivity index (χ2n) is 2.18. The first-order valence-corrected chi connectivity index (χ1v) is 3.56. The number of rotatable bonds is 3. The van der Waals surface area contributed by atoms with Gasteiger partial charge in [-0.15, -0.1) is 0 Å². The molecule has 0 aliphatic rings. The van der Waals surface area contributed by atoms with Crippen molar-refractivity contribution in [3.8, 4) is 0 Å². The lowest BCUT2D eigenvalue weighted by Crippen LogP contribution is -2.14. The molecule has 0 aromatic heterocycles. The van der Waals surface area contributed by atoms with Gasteiger partial charge in [0.05, 0.1) is 7.11 Å². The number of esters is 2. The average molecular weight is 215 g/mol. The van der Waals surface area contributed by atoms with Gasteiger partial charge in [-0.25, -0.2) is 14.4 Å². The summed E-state index contributed by atoms with van der Waals surface area (Å²) in [6.07, 6.45) is 0. The fourth-order valence-electron chi connectivity index (χ4n) is 0.312. The zero-order chi connectivity index (χ0) is 12.4. The topological polar surface area (TPSA) is 89.9 Å². The van der Waals surface area contributed by atoms with Crippen LogP contribution in [-0.2, 0) is 23.9 Å². The SMILES string of the molecule is C=C(C)C(=O)OC(=O)C(=C)OC.O=[C]O. The maximum absolute atomic E-state index is 10.8. The molecule has 0 fully saturated rings. The molecule has 6 heteroatoms. The minimum atomic E-state index is -0.898. The molecule has 0 aromatic carbocycles. The number of hydrogen-bond donors (Lipinski definition) is 1. The molecule has 1 N–H and O–H groups in total. The number of hydrogen-bond acceptors (Lipinski definition) is 5. The van der Waals surface area contributed by atoms with Gasteiger partial charge in [0, 0.05) is 5.57 Å². The summed E-state index contributed by atoms with van der Waals surface area (Å²) >= 11 is 0. The van der Waals surface area contributed by atoms with Crippen molar-refractivity contribution in [3.63, 3.8) is 0 Å². The lowest BCUT2D eigenvalue weighted by Gasteiger charge is -2.02. The predicted molar refractivity (Wildman–Crippen MR) is 50.4 cm³/mol. The fourth-order valence-corrected chi connectivity index (χ4v) is 0.312. The van der Waals surface area contributed by atoms with Crippen LogP contribution in [0.4, 0.5) is 0 Å². The van der Waals surface area contributed by atoms with Crippen molar-refractivity contribution in [3.05, 3.63) is 24.5 Å². The van der Waals surface area contributed by atoms with Crippen LogP contribution in [0, 0.1) is 0 Å². The third-order valence-corrected chi connectivity index (χ3v) is 1.01. The molecular weight excluding hydrogens is 204 g/mol. The Morgan fingerprint density at radius 1 is 1.27 bits per heavy atom. The van der Waals surface area contributed by atoms with Gasteiger partial charge in [-0.05, 0) is 13.5 Å². The Bertz CT molecular complexity index is 278. The Morgan fingerprint density at radius 3 is 1.93 bits per heavy atom. The molecule has 0 aliphatic heterocycles. The van der Waals surface area contributed by atoms with E-state index in [-0.39, 0.29) is 11.3 Å². The highest BCUT2D eigenvalue weighted by Gasteiger charge is 2.14. The molecule has 0 amide bonds. The maximum Gasteiger partial charge on any atom is 0.414 e. The van der Waals surface area contributed by atoms with Crippen molar-refractivity contribution in [2.24, 2.45) is 0 Å². The fraction of sp³-hybridized carbons (Fsp3) is 0.222. The van der Waals surface area contributed by atoms with Gasteiger partial charge in [0.2, 0.25) is 0 Å². The Balaban J connectivity index is 0. The van der Waals surface area contributed by atoms with Gasteiger partial charge >= 0.3 is 18.4 Å². The molecule has 0 saturated carbocycles. The van der Waals surface area contributed by atoms with Crippen LogP contribution < -0.4 is 0 Å². The second kappa shape index (κ2) is 8.49. The standard InChI is InChI=1S/C8H10O4.CHO2/c1-5(2)7(9)12-8(10)6(3)11-4;2-1-3/h1,3H2,2,4H3;(H,2,3). The van der Waals surface area contributed by atoms with E-state index >= 15 is 0 Å². The van der Waals surface area contributed by atoms with Crippen molar-refractivity contribution >= 4 is 18.4 Å². The van der Waals surface area contributed by atoms with Crippen molar-refractivity contribution < 1.29 is 29.0 Å². The highest BCUT2D eigenvalue weighted by molar-refractivity contribution is 6.00. The van der Waals surface area contributed by atoms with Gasteiger partial charge in [0.25, 0.3) is 0 Å². The summed E-state index contributed by atoms with van der Waals surface area (Å²) in [7, 11) is 1.26. The normalized spacial score (nSPS) is 7.60. The van der Waals surface area contributed by atoms with E-state index in [1.807, 2.05) is 0 Å². The van der Waals surface area contributed by atoms with Crippen molar-refractivity contribution in [2.45, 2.75) is 6.92 Å².